The van der Waals surface area contributed by atoms with E-state index in [-0.39, 0.29) is 0 Å². The molecular formula is C14H14O5. The molecule has 0 aromatic heterocycles. The summed E-state index contributed by atoms with van der Waals surface area (Å²) in [5.41, 5.74) is 0.807. The van der Waals surface area contributed by atoms with Crippen LogP contribution in [0, 0.1) is 0 Å². The summed E-state index contributed by atoms with van der Waals surface area (Å²) in [6.45, 7) is 4.05. The van der Waals surface area contributed by atoms with Gasteiger partial charge >= 0.3 is 11.9 Å². The van der Waals surface area contributed by atoms with E-state index in [1.54, 1.807) is 31.2 Å². The van der Waals surface area contributed by atoms with Crippen molar-refractivity contribution >= 4 is 11.9 Å². The van der Waals surface area contributed by atoms with Crippen LogP contribution in [-0.4, -0.2) is 24.8 Å². The molecule has 1 aliphatic heterocycles. The molecule has 0 N–H and O–H groups in total. The standard InChI is InChI=1S/C14H14O5/c1-3-17-11-6-4-10(5-7-11)14(16)19-12-8-9(2)13(15)18-12/h4-8,12H,3H2,1-2H3/t12-/m0/s1. The van der Waals surface area contributed by atoms with Crippen LogP contribution in [-0.2, 0) is 14.3 Å². The lowest BCUT2D eigenvalue weighted by Gasteiger charge is -2.10. The van der Waals surface area contributed by atoms with Crippen LogP contribution >= 0.6 is 0 Å². The monoisotopic (exact) mass is 262 g/mol. The molecular weight excluding hydrogens is 248 g/mol. The van der Waals surface area contributed by atoms with Crippen molar-refractivity contribution in [2.24, 2.45) is 0 Å². The van der Waals surface area contributed by atoms with Crippen LogP contribution in [0.1, 0.15) is 24.2 Å². The van der Waals surface area contributed by atoms with E-state index in [1.165, 1.54) is 6.08 Å². The van der Waals surface area contributed by atoms with Crippen LogP contribution in [0.2, 0.25) is 0 Å². The molecule has 0 saturated heterocycles. The van der Waals surface area contributed by atoms with E-state index in [4.69, 9.17) is 14.2 Å². The molecule has 1 atom stereocenters. The summed E-state index contributed by atoms with van der Waals surface area (Å²) in [4.78, 5) is 22.9. The lowest BCUT2D eigenvalue weighted by Crippen LogP contribution is -2.17. The van der Waals surface area contributed by atoms with E-state index in [9.17, 15) is 9.59 Å². The van der Waals surface area contributed by atoms with Gasteiger partial charge in [-0.2, -0.15) is 0 Å². The van der Waals surface area contributed by atoms with Crippen LogP contribution in [0.15, 0.2) is 35.9 Å². The van der Waals surface area contributed by atoms with Gasteiger partial charge < -0.3 is 14.2 Å². The fraction of sp³-hybridized carbons (Fsp3) is 0.286. The fourth-order valence-corrected chi connectivity index (χ4v) is 1.59. The third-order valence-corrected chi connectivity index (χ3v) is 2.56. The zero-order chi connectivity index (χ0) is 13.8. The van der Waals surface area contributed by atoms with E-state index in [1.807, 2.05) is 6.92 Å². The van der Waals surface area contributed by atoms with Gasteiger partial charge in [0.2, 0.25) is 0 Å². The molecule has 0 fully saturated rings. The molecule has 19 heavy (non-hydrogen) atoms. The molecule has 1 aromatic rings. The van der Waals surface area contributed by atoms with E-state index in [2.05, 4.69) is 0 Å². The molecule has 5 nitrogen and oxygen atoms in total. The summed E-state index contributed by atoms with van der Waals surface area (Å²) in [6, 6.07) is 6.56. The third kappa shape index (κ3) is 3.13. The number of hydrogen-bond acceptors (Lipinski definition) is 5. The fourth-order valence-electron chi connectivity index (χ4n) is 1.59. The Hall–Kier alpha value is -2.30. The highest BCUT2D eigenvalue weighted by molar-refractivity contribution is 5.92. The Morgan fingerprint density at radius 2 is 2.00 bits per heavy atom. The number of benzene rings is 1. The first-order valence-corrected chi connectivity index (χ1v) is 5.93. The zero-order valence-corrected chi connectivity index (χ0v) is 10.7. The quantitative estimate of drug-likeness (QED) is 0.777. The number of cyclic esters (lactones) is 1. The second kappa shape index (κ2) is 5.56. The highest BCUT2D eigenvalue weighted by Crippen LogP contribution is 2.17. The van der Waals surface area contributed by atoms with Gasteiger partial charge in [-0.05, 0) is 38.1 Å². The molecule has 1 aromatic carbocycles. The average molecular weight is 262 g/mol. The Morgan fingerprint density at radius 3 is 2.53 bits per heavy atom. The van der Waals surface area contributed by atoms with Crippen molar-refractivity contribution in [2.45, 2.75) is 20.1 Å². The number of hydrogen-bond donors (Lipinski definition) is 0. The first-order valence-electron chi connectivity index (χ1n) is 5.93. The van der Waals surface area contributed by atoms with Crippen LogP contribution < -0.4 is 4.74 Å². The van der Waals surface area contributed by atoms with Gasteiger partial charge in [0, 0.05) is 11.6 Å². The Bertz CT molecular complexity index is 515. The third-order valence-electron chi connectivity index (χ3n) is 2.56. The van der Waals surface area contributed by atoms with Gasteiger partial charge in [0.1, 0.15) is 5.75 Å². The van der Waals surface area contributed by atoms with E-state index >= 15 is 0 Å². The summed E-state index contributed by atoms with van der Waals surface area (Å²) >= 11 is 0. The maximum atomic E-state index is 11.8. The van der Waals surface area contributed by atoms with Crippen LogP contribution in [0.3, 0.4) is 0 Å². The van der Waals surface area contributed by atoms with Gasteiger partial charge in [-0.1, -0.05) is 0 Å². The molecule has 0 saturated carbocycles. The van der Waals surface area contributed by atoms with Crippen molar-refractivity contribution < 1.29 is 23.8 Å². The lowest BCUT2D eigenvalue weighted by molar-refractivity contribution is -0.151. The maximum absolute atomic E-state index is 11.8. The number of esters is 2. The first kappa shape index (κ1) is 13.1. The molecule has 2 rings (SSSR count). The number of ether oxygens (including phenoxy) is 3. The first-order chi connectivity index (χ1) is 9.10. The Balaban J connectivity index is 1.98. The van der Waals surface area contributed by atoms with Crippen molar-refractivity contribution in [3.05, 3.63) is 41.5 Å². The summed E-state index contributed by atoms with van der Waals surface area (Å²) in [6.07, 6.45) is 0.529. The minimum atomic E-state index is -0.938. The van der Waals surface area contributed by atoms with Gasteiger partial charge in [-0.15, -0.1) is 0 Å². The minimum Gasteiger partial charge on any atom is -0.494 e. The minimum absolute atomic E-state index is 0.373. The molecule has 0 amide bonds. The predicted octanol–water partition coefficient (Wildman–Crippen LogP) is 2.07. The SMILES string of the molecule is CCOc1ccc(C(=O)O[C@H]2C=C(C)C(=O)O2)cc1. The summed E-state index contributed by atoms with van der Waals surface area (Å²) in [5, 5.41) is 0. The molecule has 0 spiro atoms. The van der Waals surface area contributed by atoms with E-state index in [0.29, 0.717) is 23.5 Å². The number of carbonyl (C=O) groups is 2. The molecule has 5 heteroatoms. The highest BCUT2D eigenvalue weighted by Gasteiger charge is 2.25. The smallest absolute Gasteiger partial charge is 0.341 e. The number of rotatable bonds is 4. The second-order valence-electron chi connectivity index (χ2n) is 3.99. The number of carbonyl (C=O) groups excluding carboxylic acids is 2. The molecule has 0 aliphatic carbocycles. The molecule has 1 aliphatic rings. The molecule has 0 bridgehead atoms. The van der Waals surface area contributed by atoms with Crippen molar-refractivity contribution in [1.29, 1.82) is 0 Å². The highest BCUT2D eigenvalue weighted by atomic mass is 16.7. The molecule has 0 radical (unpaired) electrons. The van der Waals surface area contributed by atoms with Crippen molar-refractivity contribution in [3.63, 3.8) is 0 Å². The lowest BCUT2D eigenvalue weighted by atomic mass is 10.2. The van der Waals surface area contributed by atoms with Crippen LogP contribution in [0.5, 0.6) is 5.75 Å². The van der Waals surface area contributed by atoms with Gasteiger partial charge in [0.15, 0.2) is 0 Å². The average Bonchev–Trinajstić information content (AvgIpc) is 2.69. The van der Waals surface area contributed by atoms with Gasteiger partial charge in [0.25, 0.3) is 6.29 Å². The van der Waals surface area contributed by atoms with E-state index in [0.717, 1.165) is 0 Å². The topological polar surface area (TPSA) is 61.8 Å². The van der Waals surface area contributed by atoms with Crippen LogP contribution in [0.25, 0.3) is 0 Å². The Morgan fingerprint density at radius 1 is 1.32 bits per heavy atom. The Kier molecular flexibility index (Phi) is 3.85. The van der Waals surface area contributed by atoms with Crippen molar-refractivity contribution in [2.75, 3.05) is 6.61 Å². The maximum Gasteiger partial charge on any atom is 0.341 e. The van der Waals surface area contributed by atoms with Gasteiger partial charge in [0.05, 0.1) is 12.2 Å². The molecule has 1 heterocycles. The molecule has 0 unspecified atom stereocenters. The zero-order valence-electron chi connectivity index (χ0n) is 10.7. The summed E-state index contributed by atoms with van der Waals surface area (Å²) < 4.78 is 15.1. The summed E-state index contributed by atoms with van der Waals surface area (Å²) in [5.74, 6) is -0.335. The van der Waals surface area contributed by atoms with E-state index < -0.39 is 18.2 Å². The van der Waals surface area contributed by atoms with Gasteiger partial charge in [-0.3, -0.25) is 0 Å². The summed E-state index contributed by atoms with van der Waals surface area (Å²) in [7, 11) is 0. The molecule has 100 valence electrons. The van der Waals surface area contributed by atoms with Crippen LogP contribution in [0.4, 0.5) is 0 Å². The normalized spacial score (nSPS) is 17.7. The van der Waals surface area contributed by atoms with Gasteiger partial charge in [-0.25, -0.2) is 9.59 Å². The van der Waals surface area contributed by atoms with Crippen molar-refractivity contribution in [1.82, 2.24) is 0 Å². The second-order valence-corrected chi connectivity index (χ2v) is 3.99. The predicted molar refractivity (Wildman–Crippen MR) is 66.7 cm³/mol. The Labute approximate surface area is 110 Å². The largest absolute Gasteiger partial charge is 0.494 e. The van der Waals surface area contributed by atoms with Crippen molar-refractivity contribution in [3.8, 4) is 5.75 Å².